The first-order valence-electron chi connectivity index (χ1n) is 13.8. The molecule has 1 aromatic carbocycles. The van der Waals surface area contributed by atoms with Gasteiger partial charge in [-0.25, -0.2) is 9.59 Å². The summed E-state index contributed by atoms with van der Waals surface area (Å²) in [5.41, 5.74) is 0.0612. The summed E-state index contributed by atoms with van der Waals surface area (Å²) in [5.74, 6) is 0.534. The van der Waals surface area contributed by atoms with E-state index >= 15 is 0 Å². The molecule has 208 valence electrons. The molecule has 1 amide bonds. The molecule has 0 radical (unpaired) electrons. The van der Waals surface area contributed by atoms with Crippen molar-refractivity contribution in [3.63, 3.8) is 0 Å². The normalized spacial score (nSPS) is 30.4. The summed E-state index contributed by atoms with van der Waals surface area (Å²) in [6.07, 6.45) is 2.99. The summed E-state index contributed by atoms with van der Waals surface area (Å²) in [6.45, 7) is 13.6. The fourth-order valence-electron chi connectivity index (χ4n) is 5.04. The minimum absolute atomic E-state index is 0.164. The van der Waals surface area contributed by atoms with Crippen LogP contribution in [0.4, 0.5) is 4.79 Å². The van der Waals surface area contributed by atoms with Gasteiger partial charge in [0.1, 0.15) is 12.2 Å². The third-order valence-corrected chi connectivity index (χ3v) is 7.64. The zero-order valence-corrected chi connectivity index (χ0v) is 23.3. The van der Waals surface area contributed by atoms with Gasteiger partial charge < -0.3 is 29.6 Å². The number of benzene rings is 1. The van der Waals surface area contributed by atoms with Crippen LogP contribution in [0.5, 0.6) is 0 Å². The maximum Gasteiger partial charge on any atom is 0.407 e. The van der Waals surface area contributed by atoms with E-state index in [9.17, 15) is 9.59 Å². The highest BCUT2D eigenvalue weighted by molar-refractivity contribution is 5.89. The molecule has 0 spiro atoms. The molecule has 8 nitrogen and oxygen atoms in total. The first-order valence-corrected chi connectivity index (χ1v) is 13.8. The molecule has 0 bridgehead atoms. The van der Waals surface area contributed by atoms with Crippen molar-refractivity contribution < 1.29 is 28.5 Å². The van der Waals surface area contributed by atoms with Gasteiger partial charge in [0.15, 0.2) is 6.29 Å². The average molecular weight is 519 g/mol. The average Bonchev–Trinajstić information content (AvgIpc) is 2.86. The Kier molecular flexibility index (Phi) is 10.8. The predicted molar refractivity (Wildman–Crippen MR) is 142 cm³/mol. The van der Waals surface area contributed by atoms with E-state index in [1.54, 1.807) is 12.1 Å². The topological polar surface area (TPSA) is 95.1 Å². The maximum absolute atomic E-state index is 12.4. The van der Waals surface area contributed by atoms with Crippen LogP contribution in [-0.4, -0.2) is 61.9 Å². The van der Waals surface area contributed by atoms with Crippen molar-refractivity contribution in [2.24, 2.45) is 17.8 Å². The van der Waals surface area contributed by atoms with Gasteiger partial charge in [0, 0.05) is 24.5 Å². The lowest BCUT2D eigenvalue weighted by Crippen LogP contribution is -2.48. The molecule has 2 aliphatic rings. The van der Waals surface area contributed by atoms with Crippen molar-refractivity contribution in [3.8, 4) is 0 Å². The van der Waals surface area contributed by atoms with Crippen LogP contribution in [0.25, 0.3) is 0 Å². The molecule has 5 atom stereocenters. The SMILES string of the molecule is CC1C(COC(=O)c2ccccc2)OC(OCCNC2CCC(NC(=O)OC(C)(C)C)CC2)C(C)C1C. The zero-order chi connectivity index (χ0) is 27.0. The third-order valence-electron chi connectivity index (χ3n) is 7.64. The van der Waals surface area contributed by atoms with Gasteiger partial charge >= 0.3 is 12.1 Å². The minimum Gasteiger partial charge on any atom is -0.459 e. The lowest BCUT2D eigenvalue weighted by molar-refractivity contribution is -0.253. The van der Waals surface area contributed by atoms with E-state index in [4.69, 9.17) is 18.9 Å². The van der Waals surface area contributed by atoms with Crippen LogP contribution in [0, 0.1) is 17.8 Å². The zero-order valence-electron chi connectivity index (χ0n) is 23.3. The molecule has 1 aliphatic carbocycles. The number of esters is 1. The van der Waals surface area contributed by atoms with Crippen LogP contribution in [-0.2, 0) is 18.9 Å². The Hall–Kier alpha value is -2.16. The van der Waals surface area contributed by atoms with Crippen LogP contribution in [0.1, 0.15) is 77.6 Å². The number of amides is 1. The first-order chi connectivity index (χ1) is 17.5. The van der Waals surface area contributed by atoms with Crippen LogP contribution in [0.3, 0.4) is 0 Å². The molecule has 1 saturated heterocycles. The Morgan fingerprint density at radius 2 is 1.59 bits per heavy atom. The second-order valence-electron chi connectivity index (χ2n) is 11.6. The van der Waals surface area contributed by atoms with Crippen LogP contribution >= 0.6 is 0 Å². The highest BCUT2D eigenvalue weighted by Gasteiger charge is 2.40. The van der Waals surface area contributed by atoms with Gasteiger partial charge in [-0.3, -0.25) is 0 Å². The number of carbonyl (C=O) groups is 2. The number of hydrogen-bond donors (Lipinski definition) is 2. The molecule has 0 aromatic heterocycles. The van der Waals surface area contributed by atoms with Gasteiger partial charge in [-0.2, -0.15) is 0 Å². The predicted octanol–water partition coefficient (Wildman–Crippen LogP) is 4.92. The molecule has 8 heteroatoms. The molecule has 1 aromatic rings. The molecule has 1 aliphatic heterocycles. The van der Waals surface area contributed by atoms with Crippen molar-refractivity contribution in [2.45, 2.75) is 97.3 Å². The summed E-state index contributed by atoms with van der Waals surface area (Å²) < 4.78 is 23.3. The van der Waals surface area contributed by atoms with Crippen molar-refractivity contribution in [3.05, 3.63) is 35.9 Å². The third kappa shape index (κ3) is 9.27. The number of alkyl carbamates (subject to hydrolysis) is 1. The Labute approximate surface area is 222 Å². The van der Waals surface area contributed by atoms with Gasteiger partial charge in [0.05, 0.1) is 18.3 Å². The van der Waals surface area contributed by atoms with Crippen molar-refractivity contribution in [1.82, 2.24) is 10.6 Å². The van der Waals surface area contributed by atoms with Crippen LogP contribution in [0.15, 0.2) is 30.3 Å². The molecule has 3 rings (SSSR count). The van der Waals surface area contributed by atoms with E-state index in [0.717, 1.165) is 32.2 Å². The van der Waals surface area contributed by atoms with Crippen LogP contribution < -0.4 is 10.6 Å². The lowest BCUT2D eigenvalue weighted by Gasteiger charge is -2.43. The van der Waals surface area contributed by atoms with Gasteiger partial charge in [-0.1, -0.05) is 39.0 Å². The maximum atomic E-state index is 12.4. The first kappa shape index (κ1) is 29.4. The summed E-state index contributed by atoms with van der Waals surface area (Å²) in [4.78, 5) is 24.4. The van der Waals surface area contributed by atoms with Crippen LogP contribution in [0.2, 0.25) is 0 Å². The van der Waals surface area contributed by atoms with E-state index in [0.29, 0.717) is 24.1 Å². The Morgan fingerprint density at radius 3 is 2.24 bits per heavy atom. The van der Waals surface area contributed by atoms with Gasteiger partial charge in [-0.15, -0.1) is 0 Å². The summed E-state index contributed by atoms with van der Waals surface area (Å²) >= 11 is 0. The van der Waals surface area contributed by atoms with Crippen molar-refractivity contribution in [1.29, 1.82) is 0 Å². The highest BCUT2D eigenvalue weighted by Crippen LogP contribution is 2.35. The van der Waals surface area contributed by atoms with E-state index < -0.39 is 5.60 Å². The number of carbonyl (C=O) groups excluding carboxylic acids is 2. The van der Waals surface area contributed by atoms with E-state index in [1.165, 1.54) is 0 Å². The Morgan fingerprint density at radius 1 is 0.946 bits per heavy atom. The van der Waals surface area contributed by atoms with Gasteiger partial charge in [0.2, 0.25) is 0 Å². The molecule has 1 saturated carbocycles. The Balaban J connectivity index is 1.36. The second kappa shape index (κ2) is 13.6. The summed E-state index contributed by atoms with van der Waals surface area (Å²) in [7, 11) is 0. The number of ether oxygens (including phenoxy) is 4. The van der Waals surface area contributed by atoms with Gasteiger partial charge in [-0.05, 0) is 70.4 Å². The number of hydrogen-bond acceptors (Lipinski definition) is 7. The molecule has 37 heavy (non-hydrogen) atoms. The number of rotatable bonds is 9. The Bertz CT molecular complexity index is 850. The quantitative estimate of drug-likeness (QED) is 0.354. The minimum atomic E-state index is -0.481. The second-order valence-corrected chi connectivity index (χ2v) is 11.6. The largest absolute Gasteiger partial charge is 0.459 e. The summed E-state index contributed by atoms with van der Waals surface area (Å²) in [6, 6.07) is 9.60. The van der Waals surface area contributed by atoms with Gasteiger partial charge in [0.25, 0.3) is 0 Å². The molecule has 2 fully saturated rings. The van der Waals surface area contributed by atoms with E-state index in [2.05, 4.69) is 31.4 Å². The fraction of sp³-hybridized carbons (Fsp3) is 0.724. The molecule has 1 heterocycles. The van der Waals surface area contributed by atoms with E-state index in [-0.39, 0.29) is 48.9 Å². The molecule has 2 N–H and O–H groups in total. The summed E-state index contributed by atoms with van der Waals surface area (Å²) in [5, 5.41) is 6.57. The lowest BCUT2D eigenvalue weighted by atomic mass is 9.79. The highest BCUT2D eigenvalue weighted by atomic mass is 16.7. The standard InChI is InChI=1S/C29H46N2O6/c1-19-20(2)25(18-35-26(32)22-10-8-7-9-11-22)36-27(21(19)3)34-17-16-30-23-12-14-24(15-13-23)31-28(33)37-29(4,5)6/h7-11,19-21,23-25,27,30H,12-18H2,1-6H3,(H,31,33). The molecular weight excluding hydrogens is 472 g/mol. The van der Waals surface area contributed by atoms with E-state index in [1.807, 2.05) is 39.0 Å². The molecular formula is C29H46N2O6. The monoisotopic (exact) mass is 518 g/mol. The molecule has 5 unspecified atom stereocenters. The smallest absolute Gasteiger partial charge is 0.407 e. The number of nitrogens with one attached hydrogen (secondary N) is 2. The van der Waals surface area contributed by atoms with Crippen molar-refractivity contribution >= 4 is 12.1 Å². The fourth-order valence-corrected chi connectivity index (χ4v) is 5.04. The van der Waals surface area contributed by atoms with Crippen molar-refractivity contribution in [2.75, 3.05) is 19.8 Å².